The average molecular weight is 329 g/mol. The van der Waals surface area contributed by atoms with Gasteiger partial charge in [0.05, 0.1) is 12.1 Å². The Morgan fingerprint density at radius 3 is 2.91 bits per heavy atom. The van der Waals surface area contributed by atoms with Crippen molar-refractivity contribution in [3.63, 3.8) is 0 Å². The lowest BCUT2D eigenvalue weighted by Gasteiger charge is -2.09. The molecule has 0 atom stereocenters. The zero-order valence-electron chi connectivity index (χ0n) is 12.1. The Morgan fingerprint density at radius 1 is 1.26 bits per heavy atom. The predicted molar refractivity (Wildman–Crippen MR) is 83.9 cm³/mol. The van der Waals surface area contributed by atoms with Crippen molar-refractivity contribution in [1.29, 1.82) is 0 Å². The molecule has 116 valence electrons. The van der Waals surface area contributed by atoms with Gasteiger partial charge in [0, 0.05) is 6.20 Å². The highest BCUT2D eigenvalue weighted by Crippen LogP contribution is 2.14. The lowest BCUT2D eigenvalue weighted by atomic mass is 10.1. The molecule has 2 aromatic heterocycles. The number of aromatic nitrogens is 4. The summed E-state index contributed by atoms with van der Waals surface area (Å²) in [7, 11) is 0. The third-order valence-corrected chi connectivity index (χ3v) is 3.40. The number of hydrogen-bond donors (Lipinski definition) is 0. The summed E-state index contributed by atoms with van der Waals surface area (Å²) >= 11 is 5.81. The van der Waals surface area contributed by atoms with E-state index in [-0.39, 0.29) is 6.61 Å². The van der Waals surface area contributed by atoms with Crippen molar-refractivity contribution in [3.8, 4) is 0 Å². The van der Waals surface area contributed by atoms with E-state index in [0.29, 0.717) is 17.3 Å². The maximum absolute atomic E-state index is 12.3. The first-order valence-electron chi connectivity index (χ1n) is 6.90. The van der Waals surface area contributed by atoms with Crippen LogP contribution in [-0.2, 0) is 17.9 Å². The first-order chi connectivity index (χ1) is 11.2. The second-order valence-electron chi connectivity index (χ2n) is 4.81. The molecule has 0 amide bonds. The zero-order chi connectivity index (χ0) is 16.1. The van der Waals surface area contributed by atoms with Gasteiger partial charge in [-0.2, -0.15) is 5.10 Å². The molecular formula is C16H13ClN4O2. The van der Waals surface area contributed by atoms with Gasteiger partial charge < -0.3 is 4.74 Å². The van der Waals surface area contributed by atoms with Crippen molar-refractivity contribution in [2.75, 3.05) is 0 Å². The fourth-order valence-electron chi connectivity index (χ4n) is 2.11. The van der Waals surface area contributed by atoms with Gasteiger partial charge in [0.15, 0.2) is 0 Å². The highest BCUT2D eigenvalue weighted by molar-refractivity contribution is 6.29. The average Bonchev–Trinajstić information content (AvgIpc) is 3.06. The van der Waals surface area contributed by atoms with Crippen LogP contribution in [0.2, 0.25) is 5.15 Å². The summed E-state index contributed by atoms with van der Waals surface area (Å²) < 4.78 is 7.01. The van der Waals surface area contributed by atoms with Gasteiger partial charge in [-0.15, -0.1) is 0 Å². The molecule has 23 heavy (non-hydrogen) atoms. The Morgan fingerprint density at radius 2 is 2.13 bits per heavy atom. The van der Waals surface area contributed by atoms with Gasteiger partial charge >= 0.3 is 5.97 Å². The summed E-state index contributed by atoms with van der Waals surface area (Å²) in [6, 6.07) is 10.7. The molecule has 0 aliphatic rings. The zero-order valence-corrected chi connectivity index (χ0v) is 12.8. The van der Waals surface area contributed by atoms with Crippen LogP contribution >= 0.6 is 11.6 Å². The van der Waals surface area contributed by atoms with Crippen LogP contribution in [0, 0.1) is 0 Å². The van der Waals surface area contributed by atoms with Crippen LogP contribution in [0.4, 0.5) is 0 Å². The van der Waals surface area contributed by atoms with Crippen LogP contribution in [-0.4, -0.2) is 25.7 Å². The van der Waals surface area contributed by atoms with Gasteiger partial charge in [0.2, 0.25) is 0 Å². The molecule has 0 fully saturated rings. The maximum atomic E-state index is 12.3. The molecule has 1 aromatic carbocycles. The molecule has 0 unspecified atom stereocenters. The van der Waals surface area contributed by atoms with Crippen molar-refractivity contribution >= 4 is 17.6 Å². The number of carbonyl (C=O) groups is 1. The molecule has 0 spiro atoms. The van der Waals surface area contributed by atoms with E-state index in [2.05, 4.69) is 15.1 Å². The molecule has 3 aromatic rings. The van der Waals surface area contributed by atoms with Crippen LogP contribution in [0.3, 0.4) is 0 Å². The first-order valence-corrected chi connectivity index (χ1v) is 7.28. The first kappa shape index (κ1) is 15.2. The quantitative estimate of drug-likeness (QED) is 0.532. The van der Waals surface area contributed by atoms with E-state index in [1.165, 1.54) is 6.33 Å². The molecule has 0 radical (unpaired) electrons. The highest BCUT2D eigenvalue weighted by Gasteiger charge is 2.13. The number of nitrogens with zero attached hydrogens (tertiary/aromatic N) is 4. The summed E-state index contributed by atoms with van der Waals surface area (Å²) in [5.74, 6) is -0.395. The van der Waals surface area contributed by atoms with E-state index >= 15 is 0 Å². The fourth-order valence-corrected chi connectivity index (χ4v) is 2.30. The lowest BCUT2D eigenvalue weighted by Crippen LogP contribution is -2.11. The van der Waals surface area contributed by atoms with Crippen molar-refractivity contribution in [1.82, 2.24) is 19.7 Å². The smallest absolute Gasteiger partial charge is 0.338 e. The molecule has 0 saturated carbocycles. The van der Waals surface area contributed by atoms with Crippen LogP contribution < -0.4 is 0 Å². The van der Waals surface area contributed by atoms with Crippen LogP contribution in [0.1, 0.15) is 21.5 Å². The van der Waals surface area contributed by atoms with Gasteiger partial charge in [-0.1, -0.05) is 29.8 Å². The molecule has 0 saturated heterocycles. The SMILES string of the molecule is O=C(OCc1ccnc(Cl)c1)c1ccccc1Cn1cncn1. The minimum Gasteiger partial charge on any atom is -0.457 e. The van der Waals surface area contributed by atoms with Gasteiger partial charge in [-0.3, -0.25) is 0 Å². The second-order valence-corrected chi connectivity index (χ2v) is 5.20. The Balaban J connectivity index is 1.72. The number of halogens is 1. The number of ether oxygens (including phenoxy) is 1. The summed E-state index contributed by atoms with van der Waals surface area (Å²) in [4.78, 5) is 20.1. The van der Waals surface area contributed by atoms with E-state index < -0.39 is 5.97 Å². The second kappa shape index (κ2) is 7.02. The summed E-state index contributed by atoms with van der Waals surface area (Å²) in [5, 5.41) is 4.41. The molecular weight excluding hydrogens is 316 g/mol. The molecule has 0 bridgehead atoms. The van der Waals surface area contributed by atoms with Crippen molar-refractivity contribution < 1.29 is 9.53 Å². The molecule has 3 rings (SSSR count). The summed E-state index contributed by atoms with van der Waals surface area (Å²) in [6.07, 6.45) is 4.62. The van der Waals surface area contributed by atoms with Crippen LogP contribution in [0.25, 0.3) is 0 Å². The minimum absolute atomic E-state index is 0.138. The largest absolute Gasteiger partial charge is 0.457 e. The normalized spacial score (nSPS) is 10.5. The third kappa shape index (κ3) is 3.92. The van der Waals surface area contributed by atoms with E-state index in [1.54, 1.807) is 41.5 Å². The van der Waals surface area contributed by atoms with E-state index in [0.717, 1.165) is 11.1 Å². The standard InChI is InChI=1S/C16H13ClN4O2/c17-15-7-12(5-6-19-15)9-23-16(22)14-4-2-1-3-13(14)8-21-11-18-10-20-21/h1-7,10-11H,8-9H2. The van der Waals surface area contributed by atoms with E-state index in [9.17, 15) is 4.79 Å². The molecule has 7 heteroatoms. The lowest BCUT2D eigenvalue weighted by molar-refractivity contribution is 0.0471. The summed E-state index contributed by atoms with van der Waals surface area (Å²) in [6.45, 7) is 0.588. The Kier molecular flexibility index (Phi) is 4.63. The fraction of sp³-hybridized carbons (Fsp3) is 0.125. The van der Waals surface area contributed by atoms with Crippen molar-refractivity contribution in [3.05, 3.63) is 77.1 Å². The van der Waals surface area contributed by atoms with Crippen molar-refractivity contribution in [2.45, 2.75) is 13.2 Å². The molecule has 6 nitrogen and oxygen atoms in total. The molecule has 0 aliphatic heterocycles. The topological polar surface area (TPSA) is 69.9 Å². The molecule has 0 N–H and O–H groups in total. The van der Waals surface area contributed by atoms with E-state index in [4.69, 9.17) is 16.3 Å². The van der Waals surface area contributed by atoms with Gasteiger partial charge in [0.25, 0.3) is 0 Å². The number of pyridine rings is 1. The Bertz CT molecular complexity index is 805. The monoisotopic (exact) mass is 328 g/mol. The van der Waals surface area contributed by atoms with Crippen LogP contribution in [0.5, 0.6) is 0 Å². The van der Waals surface area contributed by atoms with Crippen LogP contribution in [0.15, 0.2) is 55.2 Å². The summed E-state index contributed by atoms with van der Waals surface area (Å²) in [5.41, 5.74) is 2.10. The minimum atomic E-state index is -0.395. The Hall–Kier alpha value is -2.73. The number of esters is 1. The third-order valence-electron chi connectivity index (χ3n) is 3.20. The van der Waals surface area contributed by atoms with Crippen molar-refractivity contribution in [2.24, 2.45) is 0 Å². The number of carbonyl (C=O) groups excluding carboxylic acids is 1. The predicted octanol–water partition coefficient (Wildman–Crippen LogP) is 2.73. The van der Waals surface area contributed by atoms with Gasteiger partial charge in [-0.25, -0.2) is 19.4 Å². The highest BCUT2D eigenvalue weighted by atomic mass is 35.5. The molecule has 0 aliphatic carbocycles. The van der Waals surface area contributed by atoms with Gasteiger partial charge in [-0.05, 0) is 29.3 Å². The number of hydrogen-bond acceptors (Lipinski definition) is 5. The molecule has 2 heterocycles. The number of rotatable bonds is 5. The van der Waals surface area contributed by atoms with Gasteiger partial charge in [0.1, 0.15) is 24.4 Å². The number of benzene rings is 1. The van der Waals surface area contributed by atoms with E-state index in [1.807, 2.05) is 12.1 Å². The maximum Gasteiger partial charge on any atom is 0.338 e. The Labute approximate surface area is 137 Å².